The van der Waals surface area contributed by atoms with Crippen molar-refractivity contribution in [1.29, 1.82) is 0 Å². The van der Waals surface area contributed by atoms with E-state index in [-0.39, 0.29) is 10.2 Å². The summed E-state index contributed by atoms with van der Waals surface area (Å²) in [6, 6.07) is 3.28. The van der Waals surface area contributed by atoms with E-state index in [0.29, 0.717) is 0 Å². The zero-order valence-electron chi connectivity index (χ0n) is 10.6. The fourth-order valence-corrected chi connectivity index (χ4v) is 3.09. The maximum Gasteiger partial charge on any atom is 0.573 e. The van der Waals surface area contributed by atoms with Crippen LogP contribution in [0.2, 0.25) is 0 Å². The Labute approximate surface area is 131 Å². The predicted octanol–water partition coefficient (Wildman–Crippen LogP) is 2.75. The summed E-state index contributed by atoms with van der Waals surface area (Å²) >= 11 is 2.87. The zero-order valence-corrected chi connectivity index (χ0v) is 13.0. The number of anilines is 1. The third-order valence-corrected chi connectivity index (χ3v) is 4.67. The van der Waals surface area contributed by atoms with Gasteiger partial charge >= 0.3 is 16.6 Å². The fraction of sp³-hybridized carbons (Fsp3) is 0.364. The summed E-state index contributed by atoms with van der Waals surface area (Å²) in [6.07, 6.45) is -5.39. The third-order valence-electron chi connectivity index (χ3n) is 2.94. The summed E-state index contributed by atoms with van der Waals surface area (Å²) in [7, 11) is -4.87. The van der Waals surface area contributed by atoms with Crippen LogP contribution in [-0.4, -0.2) is 32.5 Å². The van der Waals surface area contributed by atoms with E-state index in [0.717, 1.165) is 23.1 Å². The average Bonchev–Trinajstić information content (AvgIpc) is 2.72. The lowest BCUT2D eigenvalue weighted by Gasteiger charge is -2.18. The molecule has 1 atom stereocenters. The van der Waals surface area contributed by atoms with Crippen LogP contribution in [0.4, 0.5) is 22.7 Å². The second kappa shape index (κ2) is 5.69. The molecule has 22 heavy (non-hydrogen) atoms. The molecule has 5 nitrogen and oxygen atoms in total. The smallest absolute Gasteiger partial charge is 0.405 e. The molecule has 0 spiro atoms. The number of benzene rings is 1. The molecule has 2 rings (SSSR count). The number of halogens is 5. The summed E-state index contributed by atoms with van der Waals surface area (Å²) in [6.45, 7) is -0.399. The van der Waals surface area contributed by atoms with Crippen LogP contribution in [0.15, 0.2) is 22.7 Å². The zero-order chi connectivity index (χ0) is 16.7. The highest BCUT2D eigenvalue weighted by Crippen LogP contribution is 2.35. The minimum absolute atomic E-state index is 0.0818. The van der Waals surface area contributed by atoms with E-state index < -0.39 is 46.5 Å². The average molecular weight is 406 g/mol. The van der Waals surface area contributed by atoms with Crippen LogP contribution in [0, 0.1) is 0 Å². The summed E-state index contributed by atoms with van der Waals surface area (Å²) in [5.41, 5.74) is 0.137. The van der Waals surface area contributed by atoms with Crippen LogP contribution in [0.3, 0.4) is 0 Å². The Morgan fingerprint density at radius 1 is 1.32 bits per heavy atom. The molecule has 0 bridgehead atoms. The van der Waals surface area contributed by atoms with Crippen LogP contribution < -0.4 is 9.64 Å². The molecule has 0 radical (unpaired) electrons. The van der Waals surface area contributed by atoms with Gasteiger partial charge in [0.1, 0.15) is 11.0 Å². The van der Waals surface area contributed by atoms with Crippen molar-refractivity contribution >= 4 is 37.7 Å². The normalized spacial score (nSPS) is 19.6. The van der Waals surface area contributed by atoms with Gasteiger partial charge in [-0.25, -0.2) is 0 Å². The van der Waals surface area contributed by atoms with Crippen LogP contribution in [0.25, 0.3) is 0 Å². The highest BCUT2D eigenvalue weighted by molar-refractivity contribution is 9.10. The number of hydrogen-bond acceptors (Lipinski definition) is 4. The van der Waals surface area contributed by atoms with Crippen molar-refractivity contribution < 1.29 is 35.0 Å². The van der Waals surface area contributed by atoms with Crippen molar-refractivity contribution in [3.63, 3.8) is 0 Å². The van der Waals surface area contributed by atoms with Crippen LogP contribution in [0.1, 0.15) is 6.42 Å². The van der Waals surface area contributed by atoms with Gasteiger partial charge in [0.2, 0.25) is 5.91 Å². The Bertz CT molecular complexity index is 707. The topological polar surface area (TPSA) is 63.7 Å². The van der Waals surface area contributed by atoms with Gasteiger partial charge in [-0.1, -0.05) is 0 Å². The number of carbonyl (C=O) groups is 1. The van der Waals surface area contributed by atoms with E-state index in [4.69, 9.17) is 0 Å². The Balaban J connectivity index is 2.24. The lowest BCUT2D eigenvalue weighted by Crippen LogP contribution is -2.27. The van der Waals surface area contributed by atoms with E-state index in [1.807, 2.05) is 0 Å². The predicted molar refractivity (Wildman–Crippen MR) is 71.6 cm³/mol. The Kier molecular flexibility index (Phi) is 4.39. The van der Waals surface area contributed by atoms with E-state index in [1.165, 1.54) is 0 Å². The molecular formula is C11H8BrF4NO4S. The minimum atomic E-state index is -4.87. The van der Waals surface area contributed by atoms with Crippen molar-refractivity contribution in [3.05, 3.63) is 22.7 Å². The standard InChI is InChI=1S/C11H8BrF4NO4S/c12-8-3-6(1-2-9(8)21-11(13,14)15)17-5-7(4-10(17)18)22(16,19)20/h1-3,7H,4-5H2. The summed E-state index contributed by atoms with van der Waals surface area (Å²) < 4.78 is 74.7. The molecule has 122 valence electrons. The molecule has 1 aliphatic heterocycles. The van der Waals surface area contributed by atoms with Gasteiger partial charge in [-0.2, -0.15) is 8.42 Å². The molecule has 0 aliphatic carbocycles. The van der Waals surface area contributed by atoms with E-state index in [2.05, 4.69) is 20.7 Å². The van der Waals surface area contributed by atoms with E-state index in [9.17, 15) is 30.3 Å². The quantitative estimate of drug-likeness (QED) is 0.572. The molecule has 1 amide bonds. The molecule has 1 unspecified atom stereocenters. The van der Waals surface area contributed by atoms with Gasteiger partial charge in [-0.3, -0.25) is 4.79 Å². The number of ether oxygens (including phenoxy) is 1. The SMILES string of the molecule is O=C1CC(S(=O)(=O)F)CN1c1ccc(OC(F)(F)F)c(Br)c1. The van der Waals surface area contributed by atoms with Crippen LogP contribution in [-0.2, 0) is 15.0 Å². The molecule has 0 N–H and O–H groups in total. The molecule has 1 aromatic carbocycles. The van der Waals surface area contributed by atoms with Crippen molar-refractivity contribution in [2.45, 2.75) is 18.0 Å². The largest absolute Gasteiger partial charge is 0.573 e. The third kappa shape index (κ3) is 3.88. The van der Waals surface area contributed by atoms with Gasteiger partial charge in [0.05, 0.1) is 4.47 Å². The molecule has 0 saturated carbocycles. The highest BCUT2D eigenvalue weighted by Gasteiger charge is 2.39. The Hall–Kier alpha value is -1.36. The molecule has 1 aliphatic rings. The van der Waals surface area contributed by atoms with Gasteiger partial charge in [0.25, 0.3) is 0 Å². The summed E-state index contributed by atoms with van der Waals surface area (Å²) in [4.78, 5) is 12.7. The second-order valence-corrected chi connectivity index (χ2v) is 6.94. The molecule has 1 aromatic rings. The first-order valence-electron chi connectivity index (χ1n) is 5.76. The van der Waals surface area contributed by atoms with Crippen LogP contribution >= 0.6 is 15.9 Å². The molecule has 1 saturated heterocycles. The highest BCUT2D eigenvalue weighted by atomic mass is 79.9. The fourth-order valence-electron chi connectivity index (χ4n) is 1.98. The lowest BCUT2D eigenvalue weighted by atomic mass is 10.3. The number of alkyl halides is 3. The van der Waals surface area contributed by atoms with Crippen molar-refractivity contribution in [2.75, 3.05) is 11.4 Å². The van der Waals surface area contributed by atoms with Gasteiger partial charge in [-0.05, 0) is 34.1 Å². The Morgan fingerprint density at radius 3 is 2.41 bits per heavy atom. The second-order valence-electron chi connectivity index (χ2n) is 4.47. The lowest BCUT2D eigenvalue weighted by molar-refractivity contribution is -0.274. The number of carbonyl (C=O) groups excluding carboxylic acids is 1. The van der Waals surface area contributed by atoms with Gasteiger partial charge in [-0.15, -0.1) is 17.1 Å². The minimum Gasteiger partial charge on any atom is -0.405 e. The maximum absolute atomic E-state index is 12.9. The van der Waals surface area contributed by atoms with Gasteiger partial charge in [0.15, 0.2) is 0 Å². The molecule has 11 heteroatoms. The first kappa shape index (κ1) is 17.0. The first-order chi connectivity index (χ1) is 9.97. The molecular weight excluding hydrogens is 398 g/mol. The monoisotopic (exact) mass is 405 g/mol. The van der Waals surface area contributed by atoms with Gasteiger partial charge < -0.3 is 9.64 Å². The van der Waals surface area contributed by atoms with E-state index >= 15 is 0 Å². The number of rotatable bonds is 3. The van der Waals surface area contributed by atoms with Crippen LogP contribution in [0.5, 0.6) is 5.75 Å². The maximum atomic E-state index is 12.9. The number of amides is 1. The first-order valence-corrected chi connectivity index (χ1v) is 8.00. The molecule has 0 aromatic heterocycles. The Morgan fingerprint density at radius 2 is 1.95 bits per heavy atom. The molecule has 1 fully saturated rings. The van der Waals surface area contributed by atoms with Crippen molar-refractivity contribution in [3.8, 4) is 5.75 Å². The van der Waals surface area contributed by atoms with Gasteiger partial charge in [0, 0.05) is 18.7 Å². The van der Waals surface area contributed by atoms with E-state index in [1.54, 1.807) is 0 Å². The van der Waals surface area contributed by atoms with Crippen molar-refractivity contribution in [1.82, 2.24) is 0 Å². The molecule has 1 heterocycles. The summed E-state index contributed by atoms with van der Waals surface area (Å²) in [5.74, 6) is -1.15. The number of nitrogens with zero attached hydrogens (tertiary/aromatic N) is 1. The van der Waals surface area contributed by atoms with Crippen molar-refractivity contribution in [2.24, 2.45) is 0 Å². The number of hydrogen-bond donors (Lipinski definition) is 0. The summed E-state index contributed by atoms with van der Waals surface area (Å²) in [5, 5.41) is -1.48.